The third-order valence-electron chi connectivity index (χ3n) is 6.74. The van der Waals surface area contributed by atoms with Crippen LogP contribution in [0.2, 0.25) is 0 Å². The molecule has 2 aromatic heterocycles. The van der Waals surface area contributed by atoms with Gasteiger partial charge in [0, 0.05) is 12.4 Å². The van der Waals surface area contributed by atoms with Gasteiger partial charge in [-0.3, -0.25) is 4.40 Å². The summed E-state index contributed by atoms with van der Waals surface area (Å²) < 4.78 is 24.9. The largest absolute Gasteiger partial charge is 0.451 e. The zero-order chi connectivity index (χ0) is 29.8. The monoisotopic (exact) mass is 580 g/mol. The molecule has 12 heteroatoms. The van der Waals surface area contributed by atoms with Gasteiger partial charge in [0.1, 0.15) is 0 Å². The van der Waals surface area contributed by atoms with Gasteiger partial charge in [0.2, 0.25) is 0 Å². The van der Waals surface area contributed by atoms with Gasteiger partial charge < -0.3 is 24.1 Å². The molecular formula is C31H24N4O8. The quantitative estimate of drug-likeness (QED) is 0.223. The summed E-state index contributed by atoms with van der Waals surface area (Å²) in [7, 11) is 0. The molecule has 3 aromatic carbocycles. The van der Waals surface area contributed by atoms with E-state index in [1.54, 1.807) is 79.0 Å². The van der Waals surface area contributed by atoms with E-state index in [1.165, 1.54) is 34.9 Å². The molecule has 1 aliphatic rings. The number of hydrogen-bond donors (Lipinski definition) is 1. The summed E-state index contributed by atoms with van der Waals surface area (Å²) in [6, 6.07) is 25.9. The second-order valence-electron chi connectivity index (χ2n) is 9.50. The summed E-state index contributed by atoms with van der Waals surface area (Å²) in [6.07, 6.45) is -4.67. The van der Waals surface area contributed by atoms with Gasteiger partial charge in [0.05, 0.1) is 16.7 Å². The molecule has 0 saturated carbocycles. The lowest BCUT2D eigenvalue weighted by atomic mass is 9.97. The maximum atomic E-state index is 13.4. The molecule has 1 N–H and O–H groups in total. The Hall–Kier alpha value is -5.46. The highest BCUT2D eigenvalue weighted by Crippen LogP contribution is 2.37. The lowest BCUT2D eigenvalue weighted by Gasteiger charge is -2.42. The van der Waals surface area contributed by atoms with Crippen molar-refractivity contribution in [1.82, 2.24) is 19.6 Å². The fourth-order valence-corrected chi connectivity index (χ4v) is 4.67. The van der Waals surface area contributed by atoms with Crippen molar-refractivity contribution in [1.29, 1.82) is 0 Å². The number of aromatic nitrogens is 4. The number of aliphatic hydroxyl groups excluding tert-OH is 1. The summed E-state index contributed by atoms with van der Waals surface area (Å²) in [5.41, 5.74) is 0.557. The van der Waals surface area contributed by atoms with Crippen LogP contribution in [-0.2, 0) is 18.9 Å². The van der Waals surface area contributed by atoms with Gasteiger partial charge in [-0.25, -0.2) is 19.4 Å². The Kier molecular flexibility index (Phi) is 7.85. The summed E-state index contributed by atoms with van der Waals surface area (Å²) in [5.74, 6) is -2.11. The smallest absolute Gasteiger partial charge is 0.338 e. The molecule has 5 aromatic rings. The molecule has 0 bridgehead atoms. The Balaban J connectivity index is 1.43. The van der Waals surface area contributed by atoms with Crippen molar-refractivity contribution in [2.75, 3.05) is 0 Å². The van der Waals surface area contributed by atoms with Crippen LogP contribution < -0.4 is 0 Å². The average Bonchev–Trinajstić information content (AvgIpc) is 3.49. The molecule has 1 fully saturated rings. The van der Waals surface area contributed by atoms with E-state index in [1.807, 2.05) is 0 Å². The highest BCUT2D eigenvalue weighted by Gasteiger charge is 2.54. The van der Waals surface area contributed by atoms with E-state index in [4.69, 9.17) is 18.9 Å². The molecule has 6 rings (SSSR count). The van der Waals surface area contributed by atoms with E-state index < -0.39 is 48.6 Å². The van der Waals surface area contributed by atoms with Crippen LogP contribution in [0.15, 0.2) is 109 Å². The number of carbonyl (C=O) groups excluding carboxylic acids is 3. The van der Waals surface area contributed by atoms with E-state index in [0.717, 1.165) is 0 Å². The number of benzene rings is 3. The zero-order valence-electron chi connectivity index (χ0n) is 22.4. The second kappa shape index (κ2) is 12.2. The molecule has 0 radical (unpaired) electrons. The lowest BCUT2D eigenvalue weighted by Crippen LogP contribution is -2.59. The topological polar surface area (TPSA) is 151 Å². The van der Waals surface area contributed by atoms with Gasteiger partial charge in [-0.15, -0.1) is 10.2 Å². The van der Waals surface area contributed by atoms with Crippen LogP contribution in [0.1, 0.15) is 43.0 Å². The van der Waals surface area contributed by atoms with Crippen molar-refractivity contribution in [3.05, 3.63) is 132 Å². The Morgan fingerprint density at radius 3 is 1.67 bits per heavy atom. The number of esters is 3. The molecule has 216 valence electrons. The lowest BCUT2D eigenvalue weighted by molar-refractivity contribution is -0.283. The predicted octanol–water partition coefficient (Wildman–Crippen LogP) is 3.19. The van der Waals surface area contributed by atoms with Crippen molar-refractivity contribution in [3.63, 3.8) is 0 Å². The summed E-state index contributed by atoms with van der Waals surface area (Å²) >= 11 is 0. The zero-order valence-corrected chi connectivity index (χ0v) is 22.4. The van der Waals surface area contributed by atoms with E-state index in [9.17, 15) is 19.5 Å². The molecule has 43 heavy (non-hydrogen) atoms. The van der Waals surface area contributed by atoms with Crippen molar-refractivity contribution >= 4 is 23.7 Å². The number of rotatable bonds is 7. The fraction of sp³-hybridized carbons (Fsp3) is 0.161. The van der Waals surface area contributed by atoms with Crippen LogP contribution in [-0.4, -0.2) is 67.2 Å². The minimum atomic E-state index is -1.83. The molecule has 3 unspecified atom stereocenters. The molecule has 0 aliphatic carbocycles. The molecule has 5 atom stereocenters. The van der Waals surface area contributed by atoms with Crippen molar-refractivity contribution in [2.24, 2.45) is 0 Å². The minimum Gasteiger partial charge on any atom is -0.451 e. The molecule has 0 spiro atoms. The normalized spacial score (nSPS) is 21.6. The first-order valence-electron chi connectivity index (χ1n) is 13.3. The number of carbonyl (C=O) groups is 3. The van der Waals surface area contributed by atoms with Gasteiger partial charge in [0.15, 0.2) is 36.5 Å². The van der Waals surface area contributed by atoms with Gasteiger partial charge in [-0.05, 0) is 42.5 Å². The van der Waals surface area contributed by atoms with E-state index in [0.29, 0.717) is 0 Å². The Labute approximate surface area is 244 Å². The maximum Gasteiger partial charge on any atom is 0.338 e. The standard InChI is InChI=1S/C31H24N4O8/c36-27(19-11-4-1-5-12-19)40-22-23(41-28(37)20-13-6-2-7-14-20)25(43-29(38)21-15-8-3-9-16-21)30(39)42-24(22)26-33-34-31-32-17-10-18-35(26)31/h1-18,22-25,30,39H/t22-,23?,24?,25-,30?/m0/s1. The van der Waals surface area contributed by atoms with E-state index in [-0.39, 0.29) is 28.3 Å². The van der Waals surface area contributed by atoms with Crippen LogP contribution in [0.3, 0.4) is 0 Å². The van der Waals surface area contributed by atoms with Gasteiger partial charge in [0.25, 0.3) is 5.78 Å². The van der Waals surface area contributed by atoms with Crippen LogP contribution in [0.5, 0.6) is 0 Å². The van der Waals surface area contributed by atoms with Crippen LogP contribution >= 0.6 is 0 Å². The number of aliphatic hydroxyl groups is 1. The van der Waals surface area contributed by atoms with Crippen LogP contribution in [0.25, 0.3) is 5.78 Å². The molecule has 1 saturated heterocycles. The van der Waals surface area contributed by atoms with Crippen molar-refractivity contribution in [2.45, 2.75) is 30.7 Å². The Morgan fingerprint density at radius 1 is 0.651 bits per heavy atom. The third-order valence-corrected chi connectivity index (χ3v) is 6.74. The van der Waals surface area contributed by atoms with E-state index in [2.05, 4.69) is 15.2 Å². The van der Waals surface area contributed by atoms with Crippen molar-refractivity contribution < 1.29 is 38.4 Å². The van der Waals surface area contributed by atoms with Gasteiger partial charge in [-0.2, -0.15) is 0 Å². The second-order valence-corrected chi connectivity index (χ2v) is 9.50. The van der Waals surface area contributed by atoms with Gasteiger partial charge >= 0.3 is 17.9 Å². The highest BCUT2D eigenvalue weighted by atomic mass is 16.7. The Bertz CT molecular complexity index is 1730. The SMILES string of the molecule is O=C(OC1[C@H](OC(=O)c2ccccc2)C(O)OC(c2nnc3ncccn23)[C@H]1OC(=O)c1ccccc1)c1ccccc1. The molecular weight excluding hydrogens is 556 g/mol. The maximum absolute atomic E-state index is 13.4. The fourth-order valence-electron chi connectivity index (χ4n) is 4.67. The number of ether oxygens (including phenoxy) is 4. The number of hydrogen-bond acceptors (Lipinski definition) is 11. The highest BCUT2D eigenvalue weighted by molar-refractivity contribution is 5.91. The molecule has 1 aliphatic heterocycles. The van der Waals surface area contributed by atoms with Crippen molar-refractivity contribution in [3.8, 4) is 0 Å². The number of fused-ring (bicyclic) bond motifs is 1. The average molecular weight is 581 g/mol. The first-order valence-corrected chi connectivity index (χ1v) is 13.3. The molecule has 0 amide bonds. The molecule has 12 nitrogen and oxygen atoms in total. The first-order chi connectivity index (χ1) is 21.0. The van der Waals surface area contributed by atoms with Gasteiger partial charge in [-0.1, -0.05) is 54.6 Å². The summed E-state index contributed by atoms with van der Waals surface area (Å²) in [5, 5.41) is 19.4. The predicted molar refractivity (Wildman–Crippen MR) is 148 cm³/mol. The molecule has 3 heterocycles. The minimum absolute atomic E-state index is 0.0987. The van der Waals surface area contributed by atoms with Crippen LogP contribution in [0.4, 0.5) is 0 Å². The third kappa shape index (κ3) is 5.82. The van der Waals surface area contributed by atoms with E-state index >= 15 is 0 Å². The number of nitrogens with zero attached hydrogens (tertiary/aromatic N) is 4. The summed E-state index contributed by atoms with van der Waals surface area (Å²) in [6.45, 7) is 0. The summed E-state index contributed by atoms with van der Waals surface area (Å²) in [4.78, 5) is 44.0. The van der Waals surface area contributed by atoms with Crippen LogP contribution in [0, 0.1) is 0 Å². The first kappa shape index (κ1) is 27.7. The Morgan fingerprint density at radius 2 is 1.14 bits per heavy atom.